The molecule has 0 unspecified atom stereocenters. The summed E-state index contributed by atoms with van der Waals surface area (Å²) in [5.41, 5.74) is 2.45. The van der Waals surface area contributed by atoms with Crippen LogP contribution in [0.5, 0.6) is 0 Å². The van der Waals surface area contributed by atoms with Gasteiger partial charge in [0, 0.05) is 37.9 Å². The van der Waals surface area contributed by atoms with Gasteiger partial charge in [0.05, 0.1) is 0 Å². The maximum Gasteiger partial charge on any atom is 0.321 e. The lowest BCUT2D eigenvalue weighted by Gasteiger charge is -2.37. The van der Waals surface area contributed by atoms with Gasteiger partial charge in [-0.05, 0) is 30.0 Å². The number of rotatable bonds is 1. The Morgan fingerprint density at radius 2 is 2.10 bits per heavy atom. The van der Waals surface area contributed by atoms with Crippen molar-refractivity contribution in [3.63, 3.8) is 0 Å². The minimum Gasteiger partial charge on any atom is -0.341 e. The van der Waals surface area contributed by atoms with Crippen LogP contribution in [0.1, 0.15) is 22.8 Å². The van der Waals surface area contributed by atoms with E-state index in [-0.39, 0.29) is 11.9 Å². The fourth-order valence-corrected chi connectivity index (χ4v) is 2.73. The van der Waals surface area contributed by atoms with E-state index in [9.17, 15) is 9.59 Å². The standard InChI is InChI=1S/C15H19N3O2/c1-10-8-18(9-10)15(20)16-12-4-3-11-5-6-17(2)14(19)13(11)7-12/h3-4,7,10H,5-6,8-9H2,1-2H3,(H,16,20). The quantitative estimate of drug-likeness (QED) is 0.848. The average Bonchev–Trinajstić information content (AvgIpc) is 2.40. The molecular weight excluding hydrogens is 254 g/mol. The normalized spacial score (nSPS) is 18.6. The minimum absolute atomic E-state index is 0.0277. The Labute approximate surface area is 118 Å². The van der Waals surface area contributed by atoms with E-state index in [4.69, 9.17) is 0 Å². The monoisotopic (exact) mass is 273 g/mol. The number of likely N-dealkylation sites (tertiary alicyclic amines) is 1. The largest absolute Gasteiger partial charge is 0.341 e. The molecule has 0 saturated carbocycles. The van der Waals surface area contributed by atoms with Crippen LogP contribution in [0, 0.1) is 5.92 Å². The molecule has 5 heteroatoms. The molecule has 2 aliphatic heterocycles. The van der Waals surface area contributed by atoms with E-state index in [0.717, 1.165) is 31.6 Å². The number of nitrogens with one attached hydrogen (secondary N) is 1. The van der Waals surface area contributed by atoms with E-state index in [1.165, 1.54) is 0 Å². The molecule has 0 spiro atoms. The second-order valence-electron chi connectivity index (χ2n) is 5.79. The van der Waals surface area contributed by atoms with Gasteiger partial charge in [-0.1, -0.05) is 13.0 Å². The van der Waals surface area contributed by atoms with Gasteiger partial charge in [0.15, 0.2) is 0 Å². The summed E-state index contributed by atoms with van der Waals surface area (Å²) in [5, 5.41) is 2.87. The summed E-state index contributed by atoms with van der Waals surface area (Å²) >= 11 is 0. The van der Waals surface area contributed by atoms with Crippen molar-refractivity contribution in [2.24, 2.45) is 5.92 Å². The highest BCUT2D eigenvalue weighted by Gasteiger charge is 2.27. The molecule has 0 radical (unpaired) electrons. The molecule has 1 saturated heterocycles. The third-order valence-electron chi connectivity index (χ3n) is 4.01. The Bertz CT molecular complexity index is 564. The van der Waals surface area contributed by atoms with Gasteiger partial charge in [0.2, 0.25) is 0 Å². The molecule has 2 heterocycles. The summed E-state index contributed by atoms with van der Waals surface area (Å²) in [6.07, 6.45) is 0.870. The summed E-state index contributed by atoms with van der Waals surface area (Å²) in [5.74, 6) is 0.611. The number of benzene rings is 1. The van der Waals surface area contributed by atoms with Crippen LogP contribution in [0.15, 0.2) is 18.2 Å². The lowest BCUT2D eigenvalue weighted by Crippen LogP contribution is -2.50. The van der Waals surface area contributed by atoms with E-state index in [1.54, 1.807) is 22.9 Å². The number of hydrogen-bond donors (Lipinski definition) is 1. The molecule has 1 aromatic carbocycles. The zero-order valence-electron chi connectivity index (χ0n) is 11.8. The van der Waals surface area contributed by atoms with Crippen molar-refractivity contribution in [3.05, 3.63) is 29.3 Å². The first kappa shape index (κ1) is 13.0. The maximum atomic E-state index is 12.1. The van der Waals surface area contributed by atoms with Gasteiger partial charge in [-0.25, -0.2) is 4.79 Å². The number of anilines is 1. The van der Waals surface area contributed by atoms with Gasteiger partial charge in [0.1, 0.15) is 0 Å². The summed E-state index contributed by atoms with van der Waals surface area (Å²) < 4.78 is 0. The third kappa shape index (κ3) is 2.24. The van der Waals surface area contributed by atoms with Crippen molar-refractivity contribution < 1.29 is 9.59 Å². The number of fused-ring (bicyclic) bond motifs is 1. The number of nitrogens with zero attached hydrogens (tertiary/aromatic N) is 2. The first-order valence-electron chi connectivity index (χ1n) is 6.99. The van der Waals surface area contributed by atoms with E-state index in [0.29, 0.717) is 17.2 Å². The van der Waals surface area contributed by atoms with Gasteiger partial charge in [-0.15, -0.1) is 0 Å². The minimum atomic E-state index is -0.0836. The topological polar surface area (TPSA) is 52.7 Å². The van der Waals surface area contributed by atoms with E-state index in [1.807, 2.05) is 12.1 Å². The van der Waals surface area contributed by atoms with Crippen molar-refractivity contribution in [1.82, 2.24) is 9.80 Å². The highest BCUT2D eigenvalue weighted by Crippen LogP contribution is 2.23. The molecule has 0 bridgehead atoms. The van der Waals surface area contributed by atoms with Crippen molar-refractivity contribution >= 4 is 17.6 Å². The second-order valence-corrected chi connectivity index (χ2v) is 5.79. The van der Waals surface area contributed by atoms with Crippen LogP contribution in [-0.2, 0) is 6.42 Å². The molecule has 0 aliphatic carbocycles. The lowest BCUT2D eigenvalue weighted by molar-refractivity contribution is 0.0781. The molecule has 0 atom stereocenters. The average molecular weight is 273 g/mol. The van der Waals surface area contributed by atoms with Crippen LogP contribution in [0.3, 0.4) is 0 Å². The van der Waals surface area contributed by atoms with Crippen molar-refractivity contribution in [1.29, 1.82) is 0 Å². The van der Waals surface area contributed by atoms with Gasteiger partial charge >= 0.3 is 6.03 Å². The number of carbonyl (C=O) groups excluding carboxylic acids is 2. The third-order valence-corrected chi connectivity index (χ3v) is 4.01. The fraction of sp³-hybridized carbons (Fsp3) is 0.467. The van der Waals surface area contributed by atoms with Gasteiger partial charge < -0.3 is 15.1 Å². The Kier molecular flexibility index (Phi) is 3.12. The van der Waals surface area contributed by atoms with Gasteiger partial charge in [-0.3, -0.25) is 4.79 Å². The van der Waals surface area contributed by atoms with Crippen LogP contribution >= 0.6 is 0 Å². The SMILES string of the molecule is CC1CN(C(=O)Nc2ccc3c(c2)C(=O)N(C)CC3)C1. The smallest absolute Gasteiger partial charge is 0.321 e. The molecule has 3 amide bonds. The predicted molar refractivity (Wildman–Crippen MR) is 76.9 cm³/mol. The van der Waals surface area contributed by atoms with Crippen LogP contribution in [0.25, 0.3) is 0 Å². The zero-order chi connectivity index (χ0) is 14.3. The first-order valence-corrected chi connectivity index (χ1v) is 6.99. The molecule has 1 fully saturated rings. The predicted octanol–water partition coefficient (Wildman–Crippen LogP) is 1.80. The molecule has 1 N–H and O–H groups in total. The van der Waals surface area contributed by atoms with Crippen LogP contribution in [0.4, 0.5) is 10.5 Å². The second kappa shape index (κ2) is 4.81. The molecule has 106 valence electrons. The fourth-order valence-electron chi connectivity index (χ4n) is 2.73. The van der Waals surface area contributed by atoms with Crippen molar-refractivity contribution in [2.45, 2.75) is 13.3 Å². The van der Waals surface area contributed by atoms with Crippen LogP contribution < -0.4 is 5.32 Å². The Morgan fingerprint density at radius 3 is 2.80 bits per heavy atom. The zero-order valence-corrected chi connectivity index (χ0v) is 11.8. The molecule has 1 aromatic rings. The molecule has 0 aromatic heterocycles. The number of urea groups is 1. The van der Waals surface area contributed by atoms with E-state index in [2.05, 4.69) is 12.2 Å². The van der Waals surface area contributed by atoms with Crippen molar-refractivity contribution in [3.8, 4) is 0 Å². The molecule has 2 aliphatic rings. The van der Waals surface area contributed by atoms with E-state index >= 15 is 0 Å². The first-order chi connectivity index (χ1) is 9.54. The van der Waals surface area contributed by atoms with Crippen LogP contribution in [-0.4, -0.2) is 48.4 Å². The van der Waals surface area contributed by atoms with Crippen molar-refractivity contribution in [2.75, 3.05) is 32.0 Å². The Morgan fingerprint density at radius 1 is 1.35 bits per heavy atom. The van der Waals surface area contributed by atoms with Gasteiger partial charge in [-0.2, -0.15) is 0 Å². The highest BCUT2D eigenvalue weighted by atomic mass is 16.2. The summed E-state index contributed by atoms with van der Waals surface area (Å²) in [7, 11) is 1.80. The summed E-state index contributed by atoms with van der Waals surface area (Å²) in [4.78, 5) is 27.6. The number of carbonyl (C=O) groups is 2. The number of likely N-dealkylation sites (N-methyl/N-ethyl adjacent to an activating group) is 1. The van der Waals surface area contributed by atoms with Crippen LogP contribution in [0.2, 0.25) is 0 Å². The Balaban J connectivity index is 1.75. The Hall–Kier alpha value is -2.04. The molecular formula is C15H19N3O2. The molecule has 3 rings (SSSR count). The number of amides is 3. The van der Waals surface area contributed by atoms with E-state index < -0.39 is 0 Å². The summed E-state index contributed by atoms with van der Waals surface area (Å²) in [6.45, 7) is 4.48. The highest BCUT2D eigenvalue weighted by molar-refractivity contribution is 5.99. The van der Waals surface area contributed by atoms with Gasteiger partial charge in [0.25, 0.3) is 5.91 Å². The summed E-state index contributed by atoms with van der Waals surface area (Å²) in [6, 6.07) is 5.52. The molecule has 5 nitrogen and oxygen atoms in total. The lowest BCUT2D eigenvalue weighted by atomic mass is 9.98. The maximum absolute atomic E-state index is 12.1. The molecule has 20 heavy (non-hydrogen) atoms. The number of hydrogen-bond acceptors (Lipinski definition) is 2.